The highest BCUT2D eigenvalue weighted by atomic mass is 16.5. The lowest BCUT2D eigenvalue weighted by atomic mass is 9.51. The fraction of sp³-hybridized carbons (Fsp3) is 0.750. The molecule has 3 aliphatic carbocycles. The quantitative estimate of drug-likeness (QED) is 0.779. The second-order valence-electron chi connectivity index (χ2n) is 6.70. The standard InChI is InChI=1S/C16H24O3/c1-14-8-7-12(15(2,11-14)18-3)10-16(14,17)13-6-4-5-9-19-13/h6-8,12,17H,4-5,9-11H2,1-3H3/t12-,14-,15-,16+/m1/s1. The zero-order valence-corrected chi connectivity index (χ0v) is 12.1. The maximum Gasteiger partial charge on any atom is 0.131 e. The highest BCUT2D eigenvalue weighted by Gasteiger charge is 2.62. The van der Waals surface area contributed by atoms with Crippen LogP contribution in [0.1, 0.15) is 39.5 Å². The van der Waals surface area contributed by atoms with Crippen molar-refractivity contribution in [3.8, 4) is 0 Å². The zero-order chi connectivity index (χ0) is 13.7. The molecule has 0 aromatic rings. The molecule has 4 rings (SSSR count). The normalized spacial score (nSPS) is 48.8. The Labute approximate surface area is 115 Å². The van der Waals surface area contributed by atoms with E-state index in [0.717, 1.165) is 31.6 Å². The van der Waals surface area contributed by atoms with Gasteiger partial charge in [0.1, 0.15) is 11.4 Å². The summed E-state index contributed by atoms with van der Waals surface area (Å²) < 4.78 is 11.5. The van der Waals surface area contributed by atoms with Gasteiger partial charge < -0.3 is 14.6 Å². The van der Waals surface area contributed by atoms with Crippen molar-refractivity contribution in [3.05, 3.63) is 24.0 Å². The van der Waals surface area contributed by atoms with Crippen molar-refractivity contribution in [2.24, 2.45) is 11.3 Å². The minimum Gasteiger partial charge on any atom is -0.495 e. The molecule has 3 heteroatoms. The van der Waals surface area contributed by atoms with Crippen molar-refractivity contribution in [1.82, 2.24) is 0 Å². The van der Waals surface area contributed by atoms with Gasteiger partial charge in [0.05, 0.1) is 12.2 Å². The Kier molecular flexibility index (Phi) is 2.84. The van der Waals surface area contributed by atoms with Crippen LogP contribution < -0.4 is 0 Å². The largest absolute Gasteiger partial charge is 0.495 e. The molecule has 1 fully saturated rings. The van der Waals surface area contributed by atoms with Crippen LogP contribution in [0.2, 0.25) is 0 Å². The summed E-state index contributed by atoms with van der Waals surface area (Å²) in [7, 11) is 1.77. The summed E-state index contributed by atoms with van der Waals surface area (Å²) >= 11 is 0. The topological polar surface area (TPSA) is 38.7 Å². The Hall–Kier alpha value is -0.800. The van der Waals surface area contributed by atoms with E-state index in [4.69, 9.17) is 9.47 Å². The molecule has 0 unspecified atom stereocenters. The van der Waals surface area contributed by atoms with E-state index in [2.05, 4.69) is 32.1 Å². The van der Waals surface area contributed by atoms with Gasteiger partial charge in [0.25, 0.3) is 0 Å². The molecule has 1 N–H and O–H groups in total. The lowest BCUT2D eigenvalue weighted by molar-refractivity contribution is -0.181. The van der Waals surface area contributed by atoms with E-state index in [1.165, 1.54) is 0 Å². The Morgan fingerprint density at radius 3 is 2.79 bits per heavy atom. The highest BCUT2D eigenvalue weighted by Crippen LogP contribution is 2.59. The maximum absolute atomic E-state index is 11.3. The van der Waals surface area contributed by atoms with Gasteiger partial charge in [-0.2, -0.15) is 0 Å². The van der Waals surface area contributed by atoms with Crippen LogP contribution in [-0.2, 0) is 9.47 Å². The van der Waals surface area contributed by atoms with Crippen LogP contribution in [-0.4, -0.2) is 30.0 Å². The lowest BCUT2D eigenvalue weighted by Crippen LogP contribution is -2.62. The first-order chi connectivity index (χ1) is 8.94. The molecule has 4 aliphatic rings. The fourth-order valence-corrected chi connectivity index (χ4v) is 4.02. The molecular weight excluding hydrogens is 240 g/mol. The molecule has 0 saturated heterocycles. The number of hydrogen-bond acceptors (Lipinski definition) is 3. The molecule has 1 heterocycles. The minimum atomic E-state index is -0.870. The van der Waals surface area contributed by atoms with E-state index < -0.39 is 5.60 Å². The smallest absolute Gasteiger partial charge is 0.131 e. The molecule has 0 aromatic carbocycles. The first kappa shape index (κ1) is 13.2. The summed E-state index contributed by atoms with van der Waals surface area (Å²) in [6.45, 7) is 4.99. The number of ether oxygens (including phenoxy) is 2. The van der Waals surface area contributed by atoms with Crippen LogP contribution in [0, 0.1) is 11.3 Å². The second-order valence-corrected chi connectivity index (χ2v) is 6.70. The van der Waals surface area contributed by atoms with Crippen LogP contribution in [0.25, 0.3) is 0 Å². The Balaban J connectivity index is 1.99. The van der Waals surface area contributed by atoms with Gasteiger partial charge >= 0.3 is 0 Å². The second kappa shape index (κ2) is 4.10. The van der Waals surface area contributed by atoms with E-state index >= 15 is 0 Å². The average molecular weight is 264 g/mol. The number of allylic oxidation sites excluding steroid dienone is 1. The number of methoxy groups -OCH3 is 1. The van der Waals surface area contributed by atoms with Gasteiger partial charge in [-0.05, 0) is 38.7 Å². The Morgan fingerprint density at radius 1 is 1.42 bits per heavy atom. The molecule has 0 aromatic heterocycles. The first-order valence-electron chi connectivity index (χ1n) is 7.24. The van der Waals surface area contributed by atoms with Crippen molar-refractivity contribution < 1.29 is 14.6 Å². The van der Waals surface area contributed by atoms with Crippen molar-refractivity contribution in [2.75, 3.05) is 13.7 Å². The van der Waals surface area contributed by atoms with Crippen molar-refractivity contribution >= 4 is 0 Å². The summed E-state index contributed by atoms with van der Waals surface area (Å²) in [5, 5.41) is 11.3. The van der Waals surface area contributed by atoms with Crippen molar-refractivity contribution in [2.45, 2.75) is 50.7 Å². The molecule has 106 valence electrons. The summed E-state index contributed by atoms with van der Waals surface area (Å²) in [6, 6.07) is 0. The molecule has 19 heavy (non-hydrogen) atoms. The number of fused-ring (bicyclic) bond motifs is 2. The van der Waals surface area contributed by atoms with E-state index in [0.29, 0.717) is 6.42 Å². The number of aliphatic hydroxyl groups is 1. The summed E-state index contributed by atoms with van der Waals surface area (Å²) in [6.07, 6.45) is 10.0. The molecule has 0 amide bonds. The van der Waals surface area contributed by atoms with Crippen LogP contribution >= 0.6 is 0 Å². The van der Waals surface area contributed by atoms with Crippen LogP contribution in [0.5, 0.6) is 0 Å². The molecule has 2 bridgehead atoms. The lowest BCUT2D eigenvalue weighted by Gasteiger charge is -2.59. The minimum absolute atomic E-state index is 0.176. The van der Waals surface area contributed by atoms with Gasteiger partial charge in [-0.15, -0.1) is 0 Å². The SMILES string of the molecule is CO[C@]1(C)C[C@@]2(C)C=C[C@@H]1C[C@]2(O)C1=CCCCO1. The van der Waals surface area contributed by atoms with Crippen molar-refractivity contribution in [1.29, 1.82) is 0 Å². The van der Waals surface area contributed by atoms with Gasteiger partial charge in [-0.3, -0.25) is 0 Å². The summed E-state index contributed by atoms with van der Waals surface area (Å²) in [5.41, 5.74) is -1.36. The summed E-state index contributed by atoms with van der Waals surface area (Å²) in [5.74, 6) is 1.03. The van der Waals surface area contributed by atoms with Gasteiger partial charge in [0.15, 0.2) is 0 Å². The number of rotatable bonds is 2. The molecule has 4 atom stereocenters. The van der Waals surface area contributed by atoms with Crippen LogP contribution in [0.4, 0.5) is 0 Å². The predicted octanol–water partition coefficient (Wildman–Crippen LogP) is 2.80. The first-order valence-corrected chi connectivity index (χ1v) is 7.24. The third-order valence-corrected chi connectivity index (χ3v) is 5.47. The fourth-order valence-electron chi connectivity index (χ4n) is 4.02. The molecule has 1 aliphatic heterocycles. The van der Waals surface area contributed by atoms with Gasteiger partial charge in [0, 0.05) is 18.4 Å². The molecule has 0 radical (unpaired) electrons. The molecule has 1 saturated carbocycles. The monoisotopic (exact) mass is 264 g/mol. The van der Waals surface area contributed by atoms with E-state index in [-0.39, 0.29) is 16.9 Å². The Bertz CT molecular complexity index is 441. The number of hydrogen-bond donors (Lipinski definition) is 1. The predicted molar refractivity (Wildman–Crippen MR) is 73.6 cm³/mol. The van der Waals surface area contributed by atoms with Crippen LogP contribution in [0.15, 0.2) is 24.0 Å². The maximum atomic E-state index is 11.3. The third-order valence-electron chi connectivity index (χ3n) is 5.47. The summed E-state index contributed by atoms with van der Waals surface area (Å²) in [4.78, 5) is 0. The molecule has 3 nitrogen and oxygen atoms in total. The van der Waals surface area contributed by atoms with E-state index in [1.807, 2.05) is 0 Å². The third kappa shape index (κ3) is 1.71. The molecule has 0 spiro atoms. The van der Waals surface area contributed by atoms with Crippen molar-refractivity contribution in [3.63, 3.8) is 0 Å². The van der Waals surface area contributed by atoms with Crippen LogP contribution in [0.3, 0.4) is 0 Å². The zero-order valence-electron chi connectivity index (χ0n) is 12.1. The van der Waals surface area contributed by atoms with E-state index in [1.54, 1.807) is 7.11 Å². The average Bonchev–Trinajstić information content (AvgIpc) is 2.42. The van der Waals surface area contributed by atoms with Gasteiger partial charge in [0.2, 0.25) is 0 Å². The van der Waals surface area contributed by atoms with E-state index in [9.17, 15) is 5.11 Å². The highest BCUT2D eigenvalue weighted by molar-refractivity contribution is 5.32. The Morgan fingerprint density at radius 2 is 2.21 bits per heavy atom. The molecular formula is C16H24O3. The van der Waals surface area contributed by atoms with Gasteiger partial charge in [-0.25, -0.2) is 0 Å². The van der Waals surface area contributed by atoms with Gasteiger partial charge in [-0.1, -0.05) is 19.1 Å².